The summed E-state index contributed by atoms with van der Waals surface area (Å²) in [4.78, 5) is 10.9. The summed E-state index contributed by atoms with van der Waals surface area (Å²) in [5.74, 6) is -0.281. The highest BCUT2D eigenvalue weighted by atomic mass is 79.9. The Labute approximate surface area is 116 Å². The summed E-state index contributed by atoms with van der Waals surface area (Å²) in [6.45, 7) is 1.16. The van der Waals surface area contributed by atoms with E-state index in [2.05, 4.69) is 26.0 Å². The van der Waals surface area contributed by atoms with E-state index in [1.54, 1.807) is 7.11 Å². The van der Waals surface area contributed by atoms with Crippen molar-refractivity contribution in [3.8, 4) is 0 Å². The summed E-state index contributed by atoms with van der Waals surface area (Å²) >= 11 is 3.28. The largest absolute Gasteiger partial charge is 0.468 e. The molecule has 0 aliphatic carbocycles. The number of para-hydroxylation sites is 1. The second-order valence-electron chi connectivity index (χ2n) is 3.77. The molecular weight excluding hydrogens is 298 g/mol. The number of hydrogen-bond donors (Lipinski definition) is 1. The average Bonchev–Trinajstić information content (AvgIpc) is 2.42. The van der Waals surface area contributed by atoms with Gasteiger partial charge in [-0.2, -0.15) is 0 Å². The van der Waals surface area contributed by atoms with Gasteiger partial charge in [0.2, 0.25) is 0 Å². The van der Waals surface area contributed by atoms with Crippen molar-refractivity contribution in [1.29, 1.82) is 0 Å². The van der Waals surface area contributed by atoms with Crippen LogP contribution >= 0.6 is 15.9 Å². The minimum atomic E-state index is -0.349. The second-order valence-corrected chi connectivity index (χ2v) is 4.88. The number of methoxy groups -OCH3 is 2. The van der Waals surface area contributed by atoms with E-state index in [9.17, 15) is 4.79 Å². The quantitative estimate of drug-likeness (QED) is 0.619. The number of rotatable bonds is 7. The van der Waals surface area contributed by atoms with Crippen molar-refractivity contribution in [1.82, 2.24) is 0 Å². The van der Waals surface area contributed by atoms with Crippen LogP contribution in [0, 0.1) is 0 Å². The van der Waals surface area contributed by atoms with E-state index in [0.29, 0.717) is 13.2 Å². The van der Waals surface area contributed by atoms with Crippen LogP contribution in [0.1, 0.15) is 5.56 Å². The van der Waals surface area contributed by atoms with E-state index < -0.39 is 0 Å². The van der Waals surface area contributed by atoms with Crippen LogP contribution in [-0.4, -0.2) is 38.2 Å². The lowest BCUT2D eigenvalue weighted by Gasteiger charge is -2.13. The molecule has 0 aliphatic rings. The van der Waals surface area contributed by atoms with E-state index in [1.807, 2.05) is 24.3 Å². The van der Waals surface area contributed by atoms with Crippen LogP contribution in [0.2, 0.25) is 0 Å². The van der Waals surface area contributed by atoms with Gasteiger partial charge in [0, 0.05) is 19.3 Å². The molecule has 1 atom stereocenters. The molecule has 0 saturated heterocycles. The van der Waals surface area contributed by atoms with Crippen LogP contribution in [0.5, 0.6) is 0 Å². The van der Waals surface area contributed by atoms with Crippen molar-refractivity contribution >= 4 is 27.6 Å². The van der Waals surface area contributed by atoms with Gasteiger partial charge in [0.15, 0.2) is 0 Å². The monoisotopic (exact) mass is 315 g/mol. The summed E-state index contributed by atoms with van der Waals surface area (Å²) in [7, 11) is 3.06. The van der Waals surface area contributed by atoms with Gasteiger partial charge in [-0.15, -0.1) is 0 Å². The van der Waals surface area contributed by atoms with Gasteiger partial charge in [0.05, 0.1) is 13.7 Å². The maximum Gasteiger partial charge on any atom is 0.321 e. The smallest absolute Gasteiger partial charge is 0.321 e. The summed E-state index contributed by atoms with van der Waals surface area (Å²) < 4.78 is 9.72. The van der Waals surface area contributed by atoms with Crippen molar-refractivity contribution < 1.29 is 14.3 Å². The first kappa shape index (κ1) is 15.0. The number of nitrogens with one attached hydrogen (secondary N) is 1. The number of carbonyl (C=O) groups excluding carboxylic acids is 1. The first-order chi connectivity index (χ1) is 8.69. The maximum atomic E-state index is 11.3. The first-order valence-corrected chi connectivity index (χ1v) is 6.63. The molecule has 1 aromatic rings. The Hall–Kier alpha value is -1.07. The molecular formula is C13H18BrNO3. The number of halogens is 1. The summed E-state index contributed by atoms with van der Waals surface area (Å²) in [5.41, 5.74) is 2.19. The fourth-order valence-electron chi connectivity index (χ4n) is 1.53. The topological polar surface area (TPSA) is 47.6 Å². The lowest BCUT2D eigenvalue weighted by atomic mass is 10.1. The molecule has 0 aliphatic heterocycles. The molecule has 0 heterocycles. The third-order valence-electron chi connectivity index (χ3n) is 2.52. The van der Waals surface area contributed by atoms with Gasteiger partial charge < -0.3 is 14.8 Å². The van der Waals surface area contributed by atoms with Crippen LogP contribution < -0.4 is 5.32 Å². The minimum Gasteiger partial charge on any atom is -0.468 e. The van der Waals surface area contributed by atoms with Gasteiger partial charge in [-0.25, -0.2) is 0 Å². The van der Waals surface area contributed by atoms with Crippen molar-refractivity contribution in [2.45, 2.75) is 11.2 Å². The Morgan fingerprint density at radius 2 is 2.11 bits per heavy atom. The predicted octanol–water partition coefficient (Wildman–Crippen LogP) is 2.22. The summed E-state index contributed by atoms with van der Waals surface area (Å²) in [6, 6.07) is 7.98. The molecule has 18 heavy (non-hydrogen) atoms. The maximum absolute atomic E-state index is 11.3. The van der Waals surface area contributed by atoms with Crippen molar-refractivity contribution in [3.63, 3.8) is 0 Å². The van der Waals surface area contributed by atoms with E-state index in [-0.39, 0.29) is 10.8 Å². The molecule has 1 N–H and O–H groups in total. The average molecular weight is 316 g/mol. The molecule has 1 rings (SSSR count). The number of carbonyl (C=O) groups is 1. The third-order valence-corrected chi connectivity index (χ3v) is 3.22. The van der Waals surface area contributed by atoms with Crippen LogP contribution in [-0.2, 0) is 20.7 Å². The number of esters is 1. The van der Waals surface area contributed by atoms with Gasteiger partial charge in [-0.3, -0.25) is 4.79 Å². The van der Waals surface area contributed by atoms with Gasteiger partial charge in [-0.05, 0) is 18.1 Å². The highest BCUT2D eigenvalue weighted by Crippen LogP contribution is 2.16. The Bertz CT molecular complexity index is 384. The predicted molar refractivity (Wildman–Crippen MR) is 75.2 cm³/mol. The molecule has 0 fully saturated rings. The molecule has 0 radical (unpaired) electrons. The van der Waals surface area contributed by atoms with E-state index >= 15 is 0 Å². The molecule has 5 heteroatoms. The molecule has 0 spiro atoms. The molecule has 100 valence electrons. The Kier molecular flexibility index (Phi) is 6.75. The third kappa shape index (κ3) is 4.66. The summed E-state index contributed by atoms with van der Waals surface area (Å²) in [6.07, 6.45) is 0.838. The normalized spacial score (nSPS) is 11.9. The second kappa shape index (κ2) is 8.11. The van der Waals surface area contributed by atoms with Crippen LogP contribution in [0.15, 0.2) is 24.3 Å². The highest BCUT2D eigenvalue weighted by Gasteiger charge is 2.14. The fourth-order valence-corrected chi connectivity index (χ4v) is 1.88. The van der Waals surface area contributed by atoms with E-state index in [0.717, 1.165) is 12.1 Å². The molecule has 0 amide bonds. The Morgan fingerprint density at radius 3 is 2.78 bits per heavy atom. The van der Waals surface area contributed by atoms with Crippen LogP contribution in [0.25, 0.3) is 0 Å². The number of ether oxygens (including phenoxy) is 2. The molecule has 0 saturated carbocycles. The lowest BCUT2D eigenvalue weighted by molar-refractivity contribution is -0.139. The molecule has 0 bridgehead atoms. The van der Waals surface area contributed by atoms with E-state index in [4.69, 9.17) is 4.74 Å². The lowest BCUT2D eigenvalue weighted by Crippen LogP contribution is -2.24. The number of alkyl halides is 1. The Balaban J connectivity index is 2.58. The molecule has 4 nitrogen and oxygen atoms in total. The van der Waals surface area contributed by atoms with Gasteiger partial charge >= 0.3 is 5.97 Å². The summed E-state index contributed by atoms with van der Waals surface area (Å²) in [5, 5.41) is 3.23. The van der Waals surface area contributed by atoms with Crippen LogP contribution in [0.4, 0.5) is 5.69 Å². The van der Waals surface area contributed by atoms with Crippen molar-refractivity contribution in [2.75, 3.05) is 32.7 Å². The zero-order valence-corrected chi connectivity index (χ0v) is 12.2. The van der Waals surface area contributed by atoms with Gasteiger partial charge in [0.1, 0.15) is 4.83 Å². The SMILES string of the molecule is COCCc1ccccc1NCC(Br)C(=O)OC. The Morgan fingerprint density at radius 1 is 1.39 bits per heavy atom. The highest BCUT2D eigenvalue weighted by molar-refractivity contribution is 9.10. The van der Waals surface area contributed by atoms with Gasteiger partial charge in [-0.1, -0.05) is 34.1 Å². The first-order valence-electron chi connectivity index (χ1n) is 5.71. The van der Waals surface area contributed by atoms with Gasteiger partial charge in [0.25, 0.3) is 0 Å². The van der Waals surface area contributed by atoms with Crippen molar-refractivity contribution in [2.24, 2.45) is 0 Å². The zero-order valence-electron chi connectivity index (χ0n) is 10.6. The number of anilines is 1. The minimum absolute atomic E-state index is 0.281. The molecule has 0 aromatic heterocycles. The van der Waals surface area contributed by atoms with Crippen molar-refractivity contribution in [3.05, 3.63) is 29.8 Å². The number of hydrogen-bond acceptors (Lipinski definition) is 4. The molecule has 1 aromatic carbocycles. The van der Waals surface area contributed by atoms with E-state index in [1.165, 1.54) is 12.7 Å². The number of benzene rings is 1. The van der Waals surface area contributed by atoms with Crippen LogP contribution in [0.3, 0.4) is 0 Å². The molecule has 1 unspecified atom stereocenters. The fraction of sp³-hybridized carbons (Fsp3) is 0.462. The standard InChI is InChI=1S/C13H18BrNO3/c1-17-8-7-10-5-3-4-6-12(10)15-9-11(14)13(16)18-2/h3-6,11,15H,7-9H2,1-2H3. The zero-order chi connectivity index (χ0) is 13.4.